The fourth-order valence-electron chi connectivity index (χ4n) is 4.89. The van der Waals surface area contributed by atoms with E-state index in [-0.39, 0.29) is 23.3 Å². The van der Waals surface area contributed by atoms with E-state index < -0.39 is 0 Å². The Balaban J connectivity index is 1.25. The van der Waals surface area contributed by atoms with E-state index in [1.165, 1.54) is 11.1 Å². The predicted octanol–water partition coefficient (Wildman–Crippen LogP) is 2.90. The van der Waals surface area contributed by atoms with Gasteiger partial charge in [-0.2, -0.15) is 5.10 Å². The van der Waals surface area contributed by atoms with Gasteiger partial charge < -0.3 is 10.1 Å². The minimum atomic E-state index is -0.0356. The molecule has 2 aliphatic rings. The number of carbonyl (C=O) groups excluding carboxylic acids is 1. The number of amides is 1. The highest BCUT2D eigenvalue weighted by atomic mass is 16.5. The molecule has 1 aliphatic heterocycles. The first kappa shape index (κ1) is 20.2. The fraction of sp³-hybridized carbons (Fsp3) is 0.440. The summed E-state index contributed by atoms with van der Waals surface area (Å²) >= 11 is 0. The topological polar surface area (TPSA) is 70.2 Å². The summed E-state index contributed by atoms with van der Waals surface area (Å²) in [5.41, 5.74) is 3.47. The molecule has 5 rings (SSSR count). The van der Waals surface area contributed by atoms with Crippen LogP contribution >= 0.6 is 0 Å². The zero-order valence-electron chi connectivity index (χ0n) is 18.0. The van der Waals surface area contributed by atoms with Crippen molar-refractivity contribution in [3.63, 3.8) is 0 Å². The fourth-order valence-corrected chi connectivity index (χ4v) is 4.89. The van der Waals surface area contributed by atoms with Crippen molar-refractivity contribution in [2.75, 3.05) is 32.8 Å². The number of nitrogens with zero attached hydrogens (tertiary/aromatic N) is 2. The van der Waals surface area contributed by atoms with Crippen molar-refractivity contribution in [2.24, 2.45) is 5.92 Å². The molecule has 1 saturated heterocycles. The molecule has 0 radical (unpaired) electrons. The summed E-state index contributed by atoms with van der Waals surface area (Å²) in [7, 11) is 0. The van der Waals surface area contributed by atoms with Crippen LogP contribution in [0.1, 0.15) is 24.5 Å². The Kier molecular flexibility index (Phi) is 5.50. The molecule has 0 unspecified atom stereocenters. The summed E-state index contributed by atoms with van der Waals surface area (Å²) in [6, 6.07) is 17.1. The largest absolute Gasteiger partial charge is 0.379 e. The van der Waals surface area contributed by atoms with Gasteiger partial charge in [-0.1, -0.05) is 43.3 Å². The van der Waals surface area contributed by atoms with E-state index in [9.17, 15) is 4.79 Å². The molecule has 6 nitrogen and oxygen atoms in total. The smallest absolute Gasteiger partial charge is 0.224 e. The van der Waals surface area contributed by atoms with Gasteiger partial charge in [0.05, 0.1) is 18.7 Å². The molecule has 3 atom stereocenters. The monoisotopic (exact) mass is 418 g/mol. The number of carbonyl (C=O) groups is 1. The molecule has 2 aromatic carbocycles. The average molecular weight is 419 g/mol. The predicted molar refractivity (Wildman–Crippen MR) is 121 cm³/mol. The van der Waals surface area contributed by atoms with Gasteiger partial charge >= 0.3 is 0 Å². The van der Waals surface area contributed by atoms with Crippen LogP contribution in [0.5, 0.6) is 0 Å². The van der Waals surface area contributed by atoms with Crippen LogP contribution in [0.3, 0.4) is 0 Å². The van der Waals surface area contributed by atoms with Crippen LogP contribution < -0.4 is 5.32 Å². The minimum Gasteiger partial charge on any atom is -0.379 e. The highest BCUT2D eigenvalue weighted by molar-refractivity contribution is 5.84. The van der Waals surface area contributed by atoms with Gasteiger partial charge in [-0.25, -0.2) is 0 Å². The van der Waals surface area contributed by atoms with Gasteiger partial charge in [0.1, 0.15) is 0 Å². The zero-order valence-corrected chi connectivity index (χ0v) is 18.0. The second kappa shape index (κ2) is 8.44. The zero-order chi connectivity index (χ0) is 21.3. The summed E-state index contributed by atoms with van der Waals surface area (Å²) < 4.78 is 5.56. The van der Waals surface area contributed by atoms with Crippen molar-refractivity contribution in [3.05, 3.63) is 65.9 Å². The number of benzene rings is 2. The van der Waals surface area contributed by atoms with E-state index >= 15 is 0 Å². The Morgan fingerprint density at radius 2 is 2.06 bits per heavy atom. The number of morpholine rings is 1. The number of ether oxygens (including phenoxy) is 1. The highest BCUT2D eigenvalue weighted by Crippen LogP contribution is 2.53. The number of H-pyrrole nitrogens is 1. The van der Waals surface area contributed by atoms with Crippen LogP contribution in [0.4, 0.5) is 0 Å². The Hall–Kier alpha value is -2.70. The van der Waals surface area contributed by atoms with Crippen LogP contribution in [0.2, 0.25) is 0 Å². The lowest BCUT2D eigenvalue weighted by Gasteiger charge is -2.35. The first-order chi connectivity index (χ1) is 15.1. The van der Waals surface area contributed by atoms with Gasteiger partial charge in [-0.3, -0.25) is 14.8 Å². The molecular formula is C25H30N4O2. The van der Waals surface area contributed by atoms with Crippen LogP contribution in [0.15, 0.2) is 54.7 Å². The third kappa shape index (κ3) is 4.23. The van der Waals surface area contributed by atoms with Crippen molar-refractivity contribution in [1.29, 1.82) is 0 Å². The molecule has 31 heavy (non-hydrogen) atoms. The molecule has 1 aromatic heterocycles. The van der Waals surface area contributed by atoms with Gasteiger partial charge in [-0.05, 0) is 36.1 Å². The van der Waals surface area contributed by atoms with Gasteiger partial charge in [-0.15, -0.1) is 0 Å². The number of aromatic amines is 1. The molecule has 2 heterocycles. The number of aromatic nitrogens is 2. The van der Waals surface area contributed by atoms with Crippen LogP contribution in [0.25, 0.3) is 10.9 Å². The van der Waals surface area contributed by atoms with Crippen LogP contribution in [-0.4, -0.2) is 59.9 Å². The SMILES string of the molecule is C[C@]1(c2ccccc2)C[C@H]1C(=O)NC[C@H](Cc1ccc2n[nH]cc2c1)N1CCOCC1. The first-order valence-corrected chi connectivity index (χ1v) is 11.2. The summed E-state index contributed by atoms with van der Waals surface area (Å²) in [4.78, 5) is 15.5. The van der Waals surface area contributed by atoms with E-state index in [2.05, 4.69) is 69.8 Å². The van der Waals surface area contributed by atoms with Gasteiger partial charge in [0.15, 0.2) is 0 Å². The molecule has 1 saturated carbocycles. The Morgan fingerprint density at radius 3 is 2.87 bits per heavy atom. The third-order valence-corrected chi connectivity index (χ3v) is 7.03. The van der Waals surface area contributed by atoms with Crippen LogP contribution in [0, 0.1) is 5.92 Å². The van der Waals surface area contributed by atoms with E-state index in [1.807, 2.05) is 12.3 Å². The van der Waals surface area contributed by atoms with Crippen molar-refractivity contribution < 1.29 is 9.53 Å². The van der Waals surface area contributed by atoms with E-state index in [0.717, 1.165) is 50.0 Å². The van der Waals surface area contributed by atoms with Gasteiger partial charge in [0.25, 0.3) is 0 Å². The number of hydrogen-bond acceptors (Lipinski definition) is 4. The second-order valence-corrected chi connectivity index (χ2v) is 9.07. The van der Waals surface area contributed by atoms with Crippen molar-refractivity contribution in [2.45, 2.75) is 31.2 Å². The third-order valence-electron chi connectivity index (χ3n) is 7.03. The van der Waals surface area contributed by atoms with E-state index in [0.29, 0.717) is 6.54 Å². The molecule has 2 fully saturated rings. The van der Waals surface area contributed by atoms with Crippen molar-refractivity contribution in [3.8, 4) is 0 Å². The second-order valence-electron chi connectivity index (χ2n) is 9.07. The number of rotatable bonds is 7. The molecule has 0 bridgehead atoms. The first-order valence-electron chi connectivity index (χ1n) is 11.2. The molecule has 1 amide bonds. The standard InChI is InChI=1S/C25H30N4O2/c1-25(20-5-3-2-4-6-20)15-22(25)24(30)26-17-21(29-9-11-31-12-10-29)14-18-7-8-23-19(13-18)16-27-28-23/h2-8,13,16,21-22H,9-12,14-15,17H2,1H3,(H,26,30)(H,27,28)/t21-,22-,25+/m0/s1. The molecule has 0 spiro atoms. The average Bonchev–Trinajstić information content (AvgIpc) is 3.30. The molecule has 6 heteroatoms. The minimum absolute atomic E-state index is 0.0356. The van der Waals surface area contributed by atoms with Crippen LogP contribution in [-0.2, 0) is 21.4 Å². The summed E-state index contributed by atoms with van der Waals surface area (Å²) in [6.07, 6.45) is 3.74. The van der Waals surface area contributed by atoms with E-state index in [1.54, 1.807) is 0 Å². The maximum Gasteiger partial charge on any atom is 0.224 e. The molecule has 162 valence electrons. The number of fused-ring (bicyclic) bond motifs is 1. The van der Waals surface area contributed by atoms with Gasteiger partial charge in [0.2, 0.25) is 5.91 Å². The Bertz CT molecular complexity index is 1040. The summed E-state index contributed by atoms with van der Waals surface area (Å²) in [5.74, 6) is 0.234. The Labute approximate surface area is 183 Å². The lowest BCUT2D eigenvalue weighted by Crippen LogP contribution is -2.50. The molecule has 2 N–H and O–H groups in total. The normalized spacial score (nSPS) is 24.7. The van der Waals surface area contributed by atoms with Gasteiger partial charge in [0, 0.05) is 48.6 Å². The summed E-state index contributed by atoms with van der Waals surface area (Å²) in [6.45, 7) is 6.16. The van der Waals surface area contributed by atoms with E-state index in [4.69, 9.17) is 4.74 Å². The molecular weight excluding hydrogens is 388 g/mol. The lowest BCUT2D eigenvalue weighted by molar-refractivity contribution is -0.123. The maximum absolute atomic E-state index is 13.0. The quantitative estimate of drug-likeness (QED) is 0.619. The number of nitrogens with one attached hydrogen (secondary N) is 2. The molecule has 1 aliphatic carbocycles. The number of hydrogen-bond donors (Lipinski definition) is 2. The summed E-state index contributed by atoms with van der Waals surface area (Å²) in [5, 5.41) is 11.6. The maximum atomic E-state index is 13.0. The highest BCUT2D eigenvalue weighted by Gasteiger charge is 2.55. The van der Waals surface area contributed by atoms with Crippen molar-refractivity contribution in [1.82, 2.24) is 20.4 Å². The molecule has 3 aromatic rings. The van der Waals surface area contributed by atoms with Crippen molar-refractivity contribution >= 4 is 16.8 Å². The Morgan fingerprint density at radius 1 is 1.26 bits per heavy atom. The lowest BCUT2D eigenvalue weighted by atomic mass is 9.95.